The van der Waals surface area contributed by atoms with Gasteiger partial charge >= 0.3 is 0 Å². The summed E-state index contributed by atoms with van der Waals surface area (Å²) in [7, 11) is 2.22. The average Bonchev–Trinajstić information content (AvgIpc) is 2.32. The largest absolute Gasteiger partial charge is 0.329 e. The predicted octanol–water partition coefficient (Wildman–Crippen LogP) is 3.40. The first-order valence-corrected chi connectivity index (χ1v) is 6.94. The van der Waals surface area contributed by atoms with Crippen LogP contribution in [0.4, 0.5) is 0 Å². The maximum absolute atomic E-state index is 5.97. The molecule has 0 amide bonds. The van der Waals surface area contributed by atoms with Gasteiger partial charge in [0.25, 0.3) is 0 Å². The zero-order valence-corrected chi connectivity index (χ0v) is 12.1. The highest BCUT2D eigenvalue weighted by Crippen LogP contribution is 2.23. The first-order chi connectivity index (χ1) is 7.51. The van der Waals surface area contributed by atoms with Crippen LogP contribution in [0.5, 0.6) is 0 Å². The van der Waals surface area contributed by atoms with Crippen molar-refractivity contribution in [2.45, 2.75) is 77.8 Å². The second-order valence-corrected chi connectivity index (χ2v) is 5.38. The Bertz CT molecular complexity index is 170. The zero-order valence-electron chi connectivity index (χ0n) is 12.1. The summed E-state index contributed by atoms with van der Waals surface area (Å²) in [5.74, 6) is 0. The van der Waals surface area contributed by atoms with Gasteiger partial charge in [-0.1, -0.05) is 39.5 Å². The summed E-state index contributed by atoms with van der Waals surface area (Å²) in [4.78, 5) is 2.47. The highest BCUT2D eigenvalue weighted by molar-refractivity contribution is 4.87. The third-order valence-electron chi connectivity index (χ3n) is 4.11. The summed E-state index contributed by atoms with van der Waals surface area (Å²) >= 11 is 0. The van der Waals surface area contributed by atoms with Crippen LogP contribution in [0.3, 0.4) is 0 Å². The van der Waals surface area contributed by atoms with Crippen LogP contribution in [0.15, 0.2) is 0 Å². The van der Waals surface area contributed by atoms with Gasteiger partial charge in [-0.05, 0) is 33.7 Å². The van der Waals surface area contributed by atoms with E-state index in [-0.39, 0.29) is 5.54 Å². The zero-order chi connectivity index (χ0) is 12.6. The van der Waals surface area contributed by atoms with E-state index in [0.29, 0.717) is 6.04 Å². The third-order valence-corrected chi connectivity index (χ3v) is 4.11. The molecule has 2 heteroatoms. The van der Waals surface area contributed by atoms with Crippen molar-refractivity contribution in [3.8, 4) is 0 Å². The van der Waals surface area contributed by atoms with Crippen LogP contribution in [0, 0.1) is 0 Å². The smallest absolute Gasteiger partial charge is 0.0303 e. The van der Waals surface area contributed by atoms with Gasteiger partial charge in [-0.25, -0.2) is 0 Å². The summed E-state index contributed by atoms with van der Waals surface area (Å²) in [6.07, 6.45) is 7.74. The molecule has 2 N–H and O–H groups in total. The van der Waals surface area contributed by atoms with Gasteiger partial charge in [0.1, 0.15) is 0 Å². The summed E-state index contributed by atoms with van der Waals surface area (Å²) < 4.78 is 0. The van der Waals surface area contributed by atoms with Crippen molar-refractivity contribution >= 4 is 0 Å². The van der Waals surface area contributed by atoms with E-state index in [1.54, 1.807) is 0 Å². The SMILES string of the molecule is CCCCCCC(C)(CN)N(C)C(C)CC. The lowest BCUT2D eigenvalue weighted by molar-refractivity contribution is 0.0873. The van der Waals surface area contributed by atoms with Crippen molar-refractivity contribution in [3.05, 3.63) is 0 Å². The average molecular weight is 228 g/mol. The lowest BCUT2D eigenvalue weighted by Gasteiger charge is -2.42. The second kappa shape index (κ2) is 8.08. The number of likely N-dealkylation sites (N-methyl/N-ethyl adjacent to an activating group) is 1. The van der Waals surface area contributed by atoms with Crippen molar-refractivity contribution < 1.29 is 0 Å². The minimum Gasteiger partial charge on any atom is -0.329 e. The Kier molecular flexibility index (Phi) is 8.04. The molecule has 0 aliphatic carbocycles. The Hall–Kier alpha value is -0.0800. The highest BCUT2D eigenvalue weighted by atomic mass is 15.2. The predicted molar refractivity (Wildman–Crippen MR) is 73.7 cm³/mol. The van der Waals surface area contributed by atoms with E-state index < -0.39 is 0 Å². The lowest BCUT2D eigenvalue weighted by Crippen LogP contribution is -2.53. The molecule has 2 atom stereocenters. The van der Waals surface area contributed by atoms with Gasteiger partial charge in [0.15, 0.2) is 0 Å². The number of rotatable bonds is 9. The molecule has 98 valence electrons. The number of unbranched alkanes of at least 4 members (excludes halogenated alkanes) is 3. The monoisotopic (exact) mass is 228 g/mol. The molecule has 0 radical (unpaired) electrons. The van der Waals surface area contributed by atoms with E-state index >= 15 is 0 Å². The molecule has 0 rings (SSSR count). The maximum atomic E-state index is 5.97. The van der Waals surface area contributed by atoms with Gasteiger partial charge < -0.3 is 5.73 Å². The summed E-state index contributed by atoms with van der Waals surface area (Å²) in [6.45, 7) is 9.87. The first-order valence-electron chi connectivity index (χ1n) is 6.94. The Morgan fingerprint density at radius 1 is 1.19 bits per heavy atom. The molecule has 0 aromatic rings. The van der Waals surface area contributed by atoms with Crippen molar-refractivity contribution in [1.82, 2.24) is 4.90 Å². The fourth-order valence-corrected chi connectivity index (χ4v) is 2.16. The molecule has 0 saturated heterocycles. The van der Waals surface area contributed by atoms with Gasteiger partial charge in [0, 0.05) is 18.1 Å². The fraction of sp³-hybridized carbons (Fsp3) is 1.00. The standard InChI is InChI=1S/C14H32N2/c1-6-8-9-10-11-14(4,12-15)16(5)13(3)7-2/h13H,6-12,15H2,1-5H3. The van der Waals surface area contributed by atoms with E-state index in [1.807, 2.05) is 0 Å². The van der Waals surface area contributed by atoms with Crippen LogP contribution >= 0.6 is 0 Å². The molecule has 2 nitrogen and oxygen atoms in total. The molecular weight excluding hydrogens is 196 g/mol. The molecule has 0 aliphatic rings. The van der Waals surface area contributed by atoms with Crippen molar-refractivity contribution in [2.24, 2.45) is 5.73 Å². The van der Waals surface area contributed by atoms with Crippen LogP contribution < -0.4 is 5.73 Å². The van der Waals surface area contributed by atoms with Crippen LogP contribution in [0.2, 0.25) is 0 Å². The minimum atomic E-state index is 0.184. The van der Waals surface area contributed by atoms with E-state index in [1.165, 1.54) is 38.5 Å². The number of hydrogen-bond acceptors (Lipinski definition) is 2. The molecule has 0 spiro atoms. The van der Waals surface area contributed by atoms with Crippen LogP contribution in [-0.4, -0.2) is 30.1 Å². The number of nitrogens with two attached hydrogens (primary N) is 1. The van der Waals surface area contributed by atoms with Crippen LogP contribution in [0.1, 0.15) is 66.2 Å². The summed E-state index contributed by atoms with van der Waals surface area (Å²) in [6, 6.07) is 0.625. The number of hydrogen-bond donors (Lipinski definition) is 1. The Morgan fingerprint density at radius 3 is 2.25 bits per heavy atom. The highest BCUT2D eigenvalue weighted by Gasteiger charge is 2.29. The minimum absolute atomic E-state index is 0.184. The molecule has 0 bridgehead atoms. The molecule has 0 heterocycles. The fourth-order valence-electron chi connectivity index (χ4n) is 2.16. The van der Waals surface area contributed by atoms with E-state index in [4.69, 9.17) is 5.73 Å². The molecule has 0 fully saturated rings. The van der Waals surface area contributed by atoms with E-state index in [2.05, 4.69) is 39.6 Å². The molecule has 0 aromatic carbocycles. The van der Waals surface area contributed by atoms with Gasteiger partial charge in [-0.15, -0.1) is 0 Å². The molecule has 0 aromatic heterocycles. The van der Waals surface area contributed by atoms with Crippen molar-refractivity contribution in [2.75, 3.05) is 13.6 Å². The lowest BCUT2D eigenvalue weighted by atomic mass is 9.91. The molecule has 2 unspecified atom stereocenters. The van der Waals surface area contributed by atoms with Crippen molar-refractivity contribution in [1.29, 1.82) is 0 Å². The molecule has 0 saturated carbocycles. The Morgan fingerprint density at radius 2 is 1.81 bits per heavy atom. The van der Waals surface area contributed by atoms with E-state index in [9.17, 15) is 0 Å². The normalized spacial score (nSPS) is 17.4. The maximum Gasteiger partial charge on any atom is 0.0303 e. The van der Waals surface area contributed by atoms with Gasteiger partial charge in [0.2, 0.25) is 0 Å². The van der Waals surface area contributed by atoms with Crippen LogP contribution in [-0.2, 0) is 0 Å². The molecule has 16 heavy (non-hydrogen) atoms. The number of nitrogens with zero attached hydrogens (tertiary/aromatic N) is 1. The molecule has 0 aliphatic heterocycles. The van der Waals surface area contributed by atoms with Gasteiger partial charge in [-0.2, -0.15) is 0 Å². The summed E-state index contributed by atoms with van der Waals surface area (Å²) in [5, 5.41) is 0. The first kappa shape index (κ1) is 15.9. The quantitative estimate of drug-likeness (QED) is 0.613. The Labute approximate surface area is 103 Å². The Balaban J connectivity index is 4.18. The van der Waals surface area contributed by atoms with E-state index in [0.717, 1.165) is 6.54 Å². The van der Waals surface area contributed by atoms with Crippen molar-refractivity contribution in [3.63, 3.8) is 0 Å². The third kappa shape index (κ3) is 4.84. The topological polar surface area (TPSA) is 29.3 Å². The molecular formula is C14H32N2. The summed E-state index contributed by atoms with van der Waals surface area (Å²) in [5.41, 5.74) is 6.16. The van der Waals surface area contributed by atoms with Gasteiger partial charge in [-0.3, -0.25) is 4.90 Å². The van der Waals surface area contributed by atoms with Crippen LogP contribution in [0.25, 0.3) is 0 Å². The second-order valence-electron chi connectivity index (χ2n) is 5.38. The van der Waals surface area contributed by atoms with Gasteiger partial charge in [0.05, 0.1) is 0 Å².